The lowest BCUT2D eigenvalue weighted by Gasteiger charge is -2.24. The van der Waals surface area contributed by atoms with Crippen molar-refractivity contribution in [3.8, 4) is 0 Å². The van der Waals surface area contributed by atoms with Gasteiger partial charge in [0.2, 0.25) is 5.91 Å². The predicted octanol–water partition coefficient (Wildman–Crippen LogP) is 3.16. The smallest absolute Gasteiger partial charge is 0.231 e. The topological polar surface area (TPSA) is 43.8 Å². The highest BCUT2D eigenvalue weighted by atomic mass is 16.3. The van der Waals surface area contributed by atoms with E-state index in [-0.39, 0.29) is 5.91 Å². The van der Waals surface area contributed by atoms with Gasteiger partial charge < -0.3 is 14.9 Å². The molecule has 0 bridgehead atoms. The molecule has 1 aliphatic heterocycles. The fraction of sp³-hybridized carbons (Fsp3) is 0.350. The molecule has 3 rings (SSSR count). The van der Waals surface area contributed by atoms with Crippen LogP contribution in [0.1, 0.15) is 30.6 Å². The molecule has 1 N–H and O–H groups in total. The lowest BCUT2D eigenvalue weighted by molar-refractivity contribution is -0.117. The van der Waals surface area contributed by atoms with E-state index in [0.717, 1.165) is 29.9 Å². The van der Waals surface area contributed by atoms with Crippen LogP contribution in [0.5, 0.6) is 0 Å². The van der Waals surface area contributed by atoms with Crippen molar-refractivity contribution >= 4 is 17.3 Å². The first-order chi connectivity index (χ1) is 11.6. The van der Waals surface area contributed by atoms with Gasteiger partial charge in [-0.25, -0.2) is 0 Å². The molecule has 4 nitrogen and oxygen atoms in total. The summed E-state index contributed by atoms with van der Waals surface area (Å²) in [5.74, 6) is 0.109. The number of anilines is 2. The van der Waals surface area contributed by atoms with E-state index in [9.17, 15) is 9.90 Å². The second-order valence-electron chi connectivity index (χ2n) is 6.24. The van der Waals surface area contributed by atoms with Crippen molar-refractivity contribution in [2.24, 2.45) is 0 Å². The van der Waals surface area contributed by atoms with Crippen LogP contribution in [0, 0.1) is 0 Å². The summed E-state index contributed by atoms with van der Waals surface area (Å²) in [6.07, 6.45) is 0.567. The monoisotopic (exact) mass is 324 g/mol. The molecule has 2 aromatic rings. The molecule has 126 valence electrons. The number of carbonyl (C=O) groups is 1. The third-order valence-electron chi connectivity index (χ3n) is 4.74. The van der Waals surface area contributed by atoms with Crippen molar-refractivity contribution in [2.45, 2.75) is 25.9 Å². The number of likely N-dealkylation sites (N-methyl/N-ethyl adjacent to an activating group) is 1. The van der Waals surface area contributed by atoms with Crippen molar-refractivity contribution in [2.75, 3.05) is 29.9 Å². The Morgan fingerprint density at radius 3 is 2.67 bits per heavy atom. The molecule has 0 fully saturated rings. The number of fused-ring (bicyclic) bond motifs is 1. The summed E-state index contributed by atoms with van der Waals surface area (Å²) < 4.78 is 0. The Kier molecular flexibility index (Phi) is 4.86. The summed E-state index contributed by atoms with van der Waals surface area (Å²) in [4.78, 5) is 15.7. The fourth-order valence-corrected chi connectivity index (χ4v) is 3.25. The number of nitrogens with zero attached hydrogens (tertiary/aromatic N) is 2. The average Bonchev–Trinajstić information content (AvgIpc) is 2.90. The van der Waals surface area contributed by atoms with Gasteiger partial charge in [-0.2, -0.15) is 0 Å². The number of amides is 1. The van der Waals surface area contributed by atoms with E-state index in [4.69, 9.17) is 0 Å². The summed E-state index contributed by atoms with van der Waals surface area (Å²) in [7, 11) is 1.79. The highest BCUT2D eigenvalue weighted by Crippen LogP contribution is 2.31. The number of hydrogen-bond acceptors (Lipinski definition) is 3. The molecule has 0 aliphatic carbocycles. The molecule has 1 amide bonds. The number of hydrogen-bond donors (Lipinski definition) is 1. The second kappa shape index (κ2) is 7.05. The van der Waals surface area contributed by atoms with Crippen LogP contribution in [-0.2, 0) is 11.2 Å². The van der Waals surface area contributed by atoms with Crippen molar-refractivity contribution in [1.82, 2.24) is 0 Å². The van der Waals surface area contributed by atoms with E-state index < -0.39 is 6.10 Å². The Bertz CT molecular complexity index is 715. The molecule has 4 heteroatoms. The Morgan fingerprint density at radius 2 is 1.96 bits per heavy atom. The molecular weight excluding hydrogens is 300 g/mol. The van der Waals surface area contributed by atoms with Gasteiger partial charge in [0.25, 0.3) is 0 Å². The third-order valence-corrected chi connectivity index (χ3v) is 4.74. The van der Waals surface area contributed by atoms with E-state index in [1.807, 2.05) is 36.4 Å². The minimum absolute atomic E-state index is 0.109. The molecule has 2 aromatic carbocycles. The van der Waals surface area contributed by atoms with Crippen LogP contribution in [-0.4, -0.2) is 31.2 Å². The highest BCUT2D eigenvalue weighted by molar-refractivity contribution is 6.00. The van der Waals surface area contributed by atoms with Crippen LogP contribution in [0.15, 0.2) is 48.5 Å². The van der Waals surface area contributed by atoms with E-state index in [1.165, 1.54) is 5.69 Å². The van der Waals surface area contributed by atoms with Gasteiger partial charge in [-0.1, -0.05) is 30.3 Å². The lowest BCUT2D eigenvalue weighted by Crippen LogP contribution is -2.25. The fourth-order valence-electron chi connectivity index (χ4n) is 3.25. The molecule has 1 heterocycles. The van der Waals surface area contributed by atoms with Crippen LogP contribution in [0.4, 0.5) is 11.4 Å². The quantitative estimate of drug-likeness (QED) is 0.888. The van der Waals surface area contributed by atoms with Gasteiger partial charge in [0.15, 0.2) is 0 Å². The molecule has 1 unspecified atom stereocenters. The van der Waals surface area contributed by atoms with Gasteiger partial charge in [-0.3, -0.25) is 4.79 Å². The molecule has 0 radical (unpaired) electrons. The molecule has 0 saturated carbocycles. The average molecular weight is 324 g/mol. The number of carbonyl (C=O) groups excluding carboxylic acids is 1. The van der Waals surface area contributed by atoms with Gasteiger partial charge in [0, 0.05) is 31.5 Å². The normalized spacial score (nSPS) is 14.6. The summed E-state index contributed by atoms with van der Waals surface area (Å²) in [5.41, 5.74) is 4.03. The lowest BCUT2D eigenvalue weighted by atomic mass is 10.0. The number of aliphatic hydroxyl groups excluding tert-OH is 1. The second-order valence-corrected chi connectivity index (χ2v) is 6.24. The minimum Gasteiger partial charge on any atom is -0.388 e. The first-order valence-corrected chi connectivity index (χ1v) is 8.47. The summed E-state index contributed by atoms with van der Waals surface area (Å²) in [6.45, 7) is 3.81. The molecule has 0 aromatic heterocycles. The number of rotatable bonds is 6. The number of aliphatic hydroxyl groups is 1. The van der Waals surface area contributed by atoms with Gasteiger partial charge in [-0.15, -0.1) is 0 Å². The first-order valence-electron chi connectivity index (χ1n) is 8.47. The van der Waals surface area contributed by atoms with Gasteiger partial charge in [0.05, 0.1) is 12.5 Å². The van der Waals surface area contributed by atoms with E-state index in [0.29, 0.717) is 12.8 Å². The highest BCUT2D eigenvalue weighted by Gasteiger charge is 2.24. The molecule has 0 saturated heterocycles. The Balaban J connectivity index is 1.66. The maximum absolute atomic E-state index is 11.8. The van der Waals surface area contributed by atoms with Crippen LogP contribution in [0.3, 0.4) is 0 Å². The SMILES string of the molecule is CCN(CCC(O)c1ccc2c(c1)CC(=O)N2C)c1ccccc1. The van der Waals surface area contributed by atoms with E-state index in [1.54, 1.807) is 11.9 Å². The molecule has 0 spiro atoms. The Hall–Kier alpha value is -2.33. The summed E-state index contributed by atoms with van der Waals surface area (Å²) in [6, 6.07) is 16.1. The van der Waals surface area contributed by atoms with Gasteiger partial charge in [-0.05, 0) is 42.7 Å². The van der Waals surface area contributed by atoms with Gasteiger partial charge >= 0.3 is 0 Å². The van der Waals surface area contributed by atoms with Crippen LogP contribution in [0.25, 0.3) is 0 Å². The van der Waals surface area contributed by atoms with Crippen molar-refractivity contribution < 1.29 is 9.90 Å². The molecule has 1 aliphatic rings. The minimum atomic E-state index is -0.519. The van der Waals surface area contributed by atoms with E-state index in [2.05, 4.69) is 24.0 Å². The maximum Gasteiger partial charge on any atom is 0.231 e. The van der Waals surface area contributed by atoms with Crippen LogP contribution < -0.4 is 9.80 Å². The molecule has 1 atom stereocenters. The first kappa shape index (κ1) is 16.5. The Labute approximate surface area is 143 Å². The number of benzene rings is 2. The van der Waals surface area contributed by atoms with Crippen molar-refractivity contribution in [1.29, 1.82) is 0 Å². The van der Waals surface area contributed by atoms with Crippen molar-refractivity contribution in [3.63, 3.8) is 0 Å². The molecule has 24 heavy (non-hydrogen) atoms. The Morgan fingerprint density at radius 1 is 1.21 bits per heavy atom. The predicted molar refractivity (Wildman–Crippen MR) is 97.5 cm³/mol. The molecular formula is C20H24N2O2. The summed E-state index contributed by atoms with van der Waals surface area (Å²) >= 11 is 0. The van der Waals surface area contributed by atoms with Crippen LogP contribution in [0.2, 0.25) is 0 Å². The maximum atomic E-state index is 11.8. The zero-order valence-corrected chi connectivity index (χ0v) is 14.3. The zero-order chi connectivity index (χ0) is 17.1. The zero-order valence-electron chi connectivity index (χ0n) is 14.3. The summed E-state index contributed by atoms with van der Waals surface area (Å²) in [5, 5.41) is 10.5. The van der Waals surface area contributed by atoms with Crippen LogP contribution >= 0.6 is 0 Å². The number of para-hydroxylation sites is 1. The van der Waals surface area contributed by atoms with E-state index >= 15 is 0 Å². The van der Waals surface area contributed by atoms with Crippen molar-refractivity contribution in [3.05, 3.63) is 59.7 Å². The van der Waals surface area contributed by atoms with Gasteiger partial charge in [0.1, 0.15) is 0 Å². The largest absolute Gasteiger partial charge is 0.388 e. The third kappa shape index (κ3) is 3.29. The standard InChI is InChI=1S/C20H24N2O2/c1-3-22(17-7-5-4-6-8-17)12-11-19(23)15-9-10-18-16(13-15)14-20(24)21(18)2/h4-10,13,19,23H,3,11-12,14H2,1-2H3.